The normalized spacial score (nSPS) is 11.7. The van der Waals surface area contributed by atoms with Crippen LogP contribution in [0.25, 0.3) is 10.1 Å². The van der Waals surface area contributed by atoms with Gasteiger partial charge in [-0.05, 0) is 41.9 Å². The molecule has 3 rings (SSSR count). The van der Waals surface area contributed by atoms with E-state index in [1.807, 2.05) is 61.0 Å². The summed E-state index contributed by atoms with van der Waals surface area (Å²) in [6.45, 7) is 0.648. The smallest absolute Gasteiger partial charge is 0.133 e. The highest BCUT2D eigenvalue weighted by Crippen LogP contribution is 2.28. The van der Waals surface area contributed by atoms with Crippen LogP contribution in [0.2, 0.25) is 0 Å². The van der Waals surface area contributed by atoms with E-state index in [4.69, 9.17) is 0 Å². The molecule has 0 saturated heterocycles. The molecular formula is C18H21NO2S. The molecular weight excluding hydrogens is 294 g/mol. The number of likely N-dealkylation sites (N-methyl/N-ethyl adjacent to an activating group) is 1. The van der Waals surface area contributed by atoms with Crippen molar-refractivity contribution in [3.05, 3.63) is 65.5 Å². The second-order valence-electron chi connectivity index (χ2n) is 5.02. The van der Waals surface area contributed by atoms with Gasteiger partial charge in [-0.2, -0.15) is 0 Å². The predicted octanol–water partition coefficient (Wildman–Crippen LogP) is 3.42. The molecule has 0 spiro atoms. The average Bonchev–Trinajstić information content (AvgIpc) is 2.99. The standard InChI is InChI=1S/C10H15NO.C8H6OS/c1-11-8-10(12)7-9-5-3-2-4-6-9;9-7-3-1-2-6-4-5-10-8(6)7/h2-6,10-12H,7-8H2,1H3;1-5,9H. The van der Waals surface area contributed by atoms with Crippen LogP contribution in [0.5, 0.6) is 5.75 Å². The van der Waals surface area contributed by atoms with Gasteiger partial charge in [0.2, 0.25) is 0 Å². The third-order valence-corrected chi connectivity index (χ3v) is 4.16. The van der Waals surface area contributed by atoms with Gasteiger partial charge in [-0.3, -0.25) is 0 Å². The Kier molecular flexibility index (Phi) is 6.40. The van der Waals surface area contributed by atoms with Crippen molar-refractivity contribution in [2.24, 2.45) is 0 Å². The summed E-state index contributed by atoms with van der Waals surface area (Å²) in [5, 5.41) is 24.7. The lowest BCUT2D eigenvalue weighted by Gasteiger charge is -2.08. The first-order chi connectivity index (χ1) is 10.7. The molecule has 1 unspecified atom stereocenters. The molecule has 0 aliphatic rings. The molecule has 22 heavy (non-hydrogen) atoms. The second kappa shape index (κ2) is 8.54. The molecule has 1 aromatic heterocycles. The maximum atomic E-state index is 9.44. The first kappa shape index (κ1) is 16.5. The van der Waals surface area contributed by atoms with Gasteiger partial charge in [0.1, 0.15) is 5.75 Å². The third kappa shape index (κ3) is 4.84. The van der Waals surface area contributed by atoms with Crippen molar-refractivity contribution >= 4 is 21.4 Å². The number of phenols is 1. The van der Waals surface area contributed by atoms with Gasteiger partial charge in [0.25, 0.3) is 0 Å². The molecule has 3 nitrogen and oxygen atoms in total. The van der Waals surface area contributed by atoms with Crippen molar-refractivity contribution in [1.82, 2.24) is 5.32 Å². The molecule has 4 heteroatoms. The van der Waals surface area contributed by atoms with Crippen LogP contribution in [-0.4, -0.2) is 29.9 Å². The molecule has 1 heterocycles. The van der Waals surface area contributed by atoms with Gasteiger partial charge in [0.05, 0.1) is 10.8 Å². The Labute approximate surface area is 134 Å². The number of thiophene rings is 1. The summed E-state index contributed by atoms with van der Waals surface area (Å²) in [4.78, 5) is 0. The van der Waals surface area contributed by atoms with Crippen molar-refractivity contribution in [2.75, 3.05) is 13.6 Å². The third-order valence-electron chi connectivity index (χ3n) is 3.21. The van der Waals surface area contributed by atoms with Gasteiger partial charge < -0.3 is 15.5 Å². The highest BCUT2D eigenvalue weighted by molar-refractivity contribution is 7.17. The molecule has 2 aromatic carbocycles. The van der Waals surface area contributed by atoms with Crippen molar-refractivity contribution in [3.8, 4) is 5.75 Å². The molecule has 0 aliphatic carbocycles. The lowest BCUT2D eigenvalue weighted by Crippen LogP contribution is -2.25. The minimum Gasteiger partial charge on any atom is -0.506 e. The summed E-state index contributed by atoms with van der Waals surface area (Å²) in [6, 6.07) is 17.6. The Balaban J connectivity index is 0.000000162. The van der Waals surface area contributed by atoms with E-state index in [1.54, 1.807) is 17.4 Å². The lowest BCUT2D eigenvalue weighted by atomic mass is 10.1. The monoisotopic (exact) mass is 315 g/mol. The number of aliphatic hydroxyl groups excluding tert-OH is 1. The van der Waals surface area contributed by atoms with Gasteiger partial charge in [-0.1, -0.05) is 42.5 Å². The predicted molar refractivity (Wildman–Crippen MR) is 93.6 cm³/mol. The fourth-order valence-electron chi connectivity index (χ4n) is 2.17. The Morgan fingerprint density at radius 2 is 1.82 bits per heavy atom. The number of phenolic OH excluding ortho intramolecular Hbond substituents is 1. The van der Waals surface area contributed by atoms with E-state index in [0.717, 1.165) is 16.5 Å². The Morgan fingerprint density at radius 3 is 2.50 bits per heavy atom. The zero-order chi connectivity index (χ0) is 15.8. The summed E-state index contributed by atoms with van der Waals surface area (Å²) >= 11 is 1.56. The molecule has 0 aliphatic heterocycles. The summed E-state index contributed by atoms with van der Waals surface area (Å²) in [6.07, 6.45) is 0.444. The largest absolute Gasteiger partial charge is 0.506 e. The number of hydrogen-bond acceptors (Lipinski definition) is 4. The van der Waals surface area contributed by atoms with E-state index in [-0.39, 0.29) is 6.10 Å². The zero-order valence-corrected chi connectivity index (χ0v) is 13.4. The topological polar surface area (TPSA) is 52.5 Å². The number of rotatable bonds is 4. The minimum atomic E-state index is -0.280. The van der Waals surface area contributed by atoms with Gasteiger partial charge in [0.15, 0.2) is 0 Å². The Bertz CT molecular complexity index is 682. The van der Waals surface area contributed by atoms with Gasteiger partial charge >= 0.3 is 0 Å². The number of hydrogen-bond donors (Lipinski definition) is 3. The molecule has 0 fully saturated rings. The molecule has 3 aromatic rings. The molecule has 116 valence electrons. The van der Waals surface area contributed by atoms with Crippen LogP contribution >= 0.6 is 11.3 Å². The quantitative estimate of drug-likeness (QED) is 0.691. The molecule has 0 bridgehead atoms. The maximum Gasteiger partial charge on any atom is 0.133 e. The van der Waals surface area contributed by atoms with Crippen LogP contribution in [0.4, 0.5) is 0 Å². The SMILES string of the molecule is CNCC(O)Cc1ccccc1.Oc1cccc2ccsc12. The summed E-state index contributed by atoms with van der Waals surface area (Å²) in [7, 11) is 1.84. The fourth-order valence-corrected chi connectivity index (χ4v) is 2.98. The zero-order valence-electron chi connectivity index (χ0n) is 12.6. The number of benzene rings is 2. The molecule has 1 atom stereocenters. The van der Waals surface area contributed by atoms with E-state index < -0.39 is 0 Å². The van der Waals surface area contributed by atoms with Crippen LogP contribution in [0.3, 0.4) is 0 Å². The van der Waals surface area contributed by atoms with Crippen LogP contribution in [0.1, 0.15) is 5.56 Å². The highest BCUT2D eigenvalue weighted by Gasteiger charge is 2.02. The van der Waals surface area contributed by atoms with E-state index >= 15 is 0 Å². The number of aromatic hydroxyl groups is 1. The van der Waals surface area contributed by atoms with Crippen LogP contribution in [-0.2, 0) is 6.42 Å². The van der Waals surface area contributed by atoms with E-state index in [2.05, 4.69) is 5.32 Å². The second-order valence-corrected chi connectivity index (χ2v) is 5.93. The van der Waals surface area contributed by atoms with Crippen molar-refractivity contribution < 1.29 is 10.2 Å². The average molecular weight is 315 g/mol. The van der Waals surface area contributed by atoms with Gasteiger partial charge in [0, 0.05) is 6.54 Å². The van der Waals surface area contributed by atoms with Gasteiger partial charge in [-0.25, -0.2) is 0 Å². The molecule has 0 saturated carbocycles. The van der Waals surface area contributed by atoms with Crippen LogP contribution in [0.15, 0.2) is 60.0 Å². The van der Waals surface area contributed by atoms with E-state index in [1.165, 1.54) is 5.56 Å². The van der Waals surface area contributed by atoms with Gasteiger partial charge in [-0.15, -0.1) is 11.3 Å². The first-order valence-corrected chi connectivity index (χ1v) is 8.10. The number of nitrogens with one attached hydrogen (secondary N) is 1. The number of fused-ring (bicyclic) bond motifs is 1. The molecule has 0 amide bonds. The van der Waals surface area contributed by atoms with Crippen molar-refractivity contribution in [3.63, 3.8) is 0 Å². The highest BCUT2D eigenvalue weighted by atomic mass is 32.1. The van der Waals surface area contributed by atoms with Crippen LogP contribution in [0, 0.1) is 0 Å². The fraction of sp³-hybridized carbons (Fsp3) is 0.222. The van der Waals surface area contributed by atoms with Crippen molar-refractivity contribution in [2.45, 2.75) is 12.5 Å². The summed E-state index contributed by atoms with van der Waals surface area (Å²) in [5.74, 6) is 0.382. The summed E-state index contributed by atoms with van der Waals surface area (Å²) in [5.41, 5.74) is 1.18. The van der Waals surface area contributed by atoms with Crippen LogP contribution < -0.4 is 5.32 Å². The van der Waals surface area contributed by atoms with E-state index in [9.17, 15) is 10.2 Å². The van der Waals surface area contributed by atoms with Crippen molar-refractivity contribution in [1.29, 1.82) is 0 Å². The Morgan fingerprint density at radius 1 is 1.05 bits per heavy atom. The van der Waals surface area contributed by atoms with E-state index in [0.29, 0.717) is 12.3 Å². The lowest BCUT2D eigenvalue weighted by molar-refractivity contribution is 0.175. The molecule has 3 N–H and O–H groups in total. The molecule has 0 radical (unpaired) electrons. The Hall–Kier alpha value is -1.88. The minimum absolute atomic E-state index is 0.280. The number of aliphatic hydroxyl groups is 1. The summed E-state index contributed by atoms with van der Waals surface area (Å²) < 4.78 is 0.975. The first-order valence-electron chi connectivity index (χ1n) is 7.22. The maximum absolute atomic E-state index is 9.44.